The molecule has 0 N–H and O–H groups in total. The lowest BCUT2D eigenvalue weighted by Crippen LogP contribution is -1.95. The molecule has 0 aliphatic carbocycles. The van der Waals surface area contributed by atoms with Gasteiger partial charge in [0.25, 0.3) is 0 Å². The molecule has 0 bridgehead atoms. The largest absolute Gasteiger partial charge is 0.207 e. The van der Waals surface area contributed by atoms with Crippen LogP contribution in [0.4, 0.5) is 8.78 Å². The lowest BCUT2D eigenvalue weighted by Gasteiger charge is -2.12. The molecule has 0 amide bonds. The molecule has 90 valence electrons. The van der Waals surface area contributed by atoms with Crippen LogP contribution in [0.1, 0.15) is 25.3 Å². The summed E-state index contributed by atoms with van der Waals surface area (Å²) in [5.74, 6) is -0.486. The fourth-order valence-corrected chi connectivity index (χ4v) is 1.44. The summed E-state index contributed by atoms with van der Waals surface area (Å²) in [6.07, 6.45) is 4.25. The molecule has 0 aromatic heterocycles. The summed E-state index contributed by atoms with van der Waals surface area (Å²) in [5, 5.41) is 0. The van der Waals surface area contributed by atoms with Gasteiger partial charge in [0, 0.05) is 5.92 Å². The van der Waals surface area contributed by atoms with Crippen molar-refractivity contribution in [2.45, 2.75) is 19.8 Å². The molecule has 0 aliphatic rings. The molecular formula is C15H16F2. The lowest BCUT2D eigenvalue weighted by atomic mass is 9.93. The van der Waals surface area contributed by atoms with E-state index in [1.165, 1.54) is 18.2 Å². The van der Waals surface area contributed by atoms with Crippen molar-refractivity contribution in [1.82, 2.24) is 0 Å². The van der Waals surface area contributed by atoms with E-state index in [1.54, 1.807) is 18.2 Å². The van der Waals surface area contributed by atoms with Gasteiger partial charge in [0.15, 0.2) is 0 Å². The third-order valence-electron chi connectivity index (χ3n) is 2.75. The van der Waals surface area contributed by atoms with E-state index in [2.05, 4.69) is 6.58 Å². The Morgan fingerprint density at radius 1 is 1.24 bits per heavy atom. The van der Waals surface area contributed by atoms with Gasteiger partial charge in [-0.05, 0) is 36.8 Å². The van der Waals surface area contributed by atoms with Crippen LogP contribution in [0.2, 0.25) is 0 Å². The molecule has 0 spiro atoms. The summed E-state index contributed by atoms with van der Waals surface area (Å²) >= 11 is 0. The molecule has 1 unspecified atom stereocenters. The molecule has 0 heterocycles. The van der Waals surface area contributed by atoms with Crippen LogP contribution in [0.3, 0.4) is 0 Å². The number of hydrogen-bond acceptors (Lipinski definition) is 0. The van der Waals surface area contributed by atoms with Crippen molar-refractivity contribution in [2.75, 3.05) is 0 Å². The highest BCUT2D eigenvalue weighted by molar-refractivity contribution is 5.30. The van der Waals surface area contributed by atoms with Crippen molar-refractivity contribution in [2.24, 2.45) is 0 Å². The van der Waals surface area contributed by atoms with Gasteiger partial charge in [-0.25, -0.2) is 8.78 Å². The molecule has 17 heavy (non-hydrogen) atoms. The van der Waals surface area contributed by atoms with Crippen LogP contribution in [0.5, 0.6) is 0 Å². The average molecular weight is 234 g/mol. The van der Waals surface area contributed by atoms with Gasteiger partial charge in [-0.2, -0.15) is 0 Å². The van der Waals surface area contributed by atoms with Gasteiger partial charge in [0.2, 0.25) is 0 Å². The van der Waals surface area contributed by atoms with Crippen molar-refractivity contribution in [3.05, 3.63) is 71.9 Å². The summed E-state index contributed by atoms with van der Waals surface area (Å²) in [6, 6.07) is 6.34. The van der Waals surface area contributed by atoms with E-state index < -0.39 is 0 Å². The van der Waals surface area contributed by atoms with E-state index in [-0.39, 0.29) is 17.6 Å². The van der Waals surface area contributed by atoms with Gasteiger partial charge >= 0.3 is 0 Å². The predicted molar refractivity (Wildman–Crippen MR) is 68.0 cm³/mol. The van der Waals surface area contributed by atoms with Crippen molar-refractivity contribution in [1.29, 1.82) is 0 Å². The maximum absolute atomic E-state index is 12.9. The van der Waals surface area contributed by atoms with Crippen LogP contribution in [0.15, 0.2) is 60.5 Å². The average Bonchev–Trinajstić information content (AvgIpc) is 2.35. The summed E-state index contributed by atoms with van der Waals surface area (Å²) in [7, 11) is 0. The standard InChI is InChI=1S/C15H16F2/c1-4-14(16)8-5-11(2)12(3)13-6-9-15(17)10-7-13/h4-10,12H,1H2,2-3H3. The second kappa shape index (κ2) is 6.14. The van der Waals surface area contributed by atoms with Crippen molar-refractivity contribution in [3.8, 4) is 0 Å². The zero-order valence-electron chi connectivity index (χ0n) is 10.1. The monoisotopic (exact) mass is 234 g/mol. The summed E-state index contributed by atoms with van der Waals surface area (Å²) in [4.78, 5) is 0. The fraction of sp³-hybridized carbons (Fsp3) is 0.200. The minimum atomic E-state index is -0.365. The van der Waals surface area contributed by atoms with Crippen molar-refractivity contribution < 1.29 is 8.78 Å². The Hall–Kier alpha value is -1.70. The van der Waals surface area contributed by atoms with Crippen molar-refractivity contribution in [3.63, 3.8) is 0 Å². The van der Waals surface area contributed by atoms with Crippen LogP contribution < -0.4 is 0 Å². The molecule has 0 aliphatic heterocycles. The Kier molecular flexibility index (Phi) is 4.83. The van der Waals surface area contributed by atoms with E-state index in [0.29, 0.717) is 0 Å². The number of allylic oxidation sites excluding steroid dienone is 5. The van der Waals surface area contributed by atoms with E-state index >= 15 is 0 Å². The Balaban J connectivity index is 2.86. The molecule has 0 radical (unpaired) electrons. The number of halogens is 2. The highest BCUT2D eigenvalue weighted by atomic mass is 19.1. The zero-order valence-corrected chi connectivity index (χ0v) is 10.1. The van der Waals surface area contributed by atoms with E-state index in [1.807, 2.05) is 13.8 Å². The smallest absolute Gasteiger partial charge is 0.123 e. The first-order valence-electron chi connectivity index (χ1n) is 5.46. The zero-order chi connectivity index (χ0) is 12.8. The third-order valence-corrected chi connectivity index (χ3v) is 2.75. The second-order valence-corrected chi connectivity index (χ2v) is 3.94. The van der Waals surface area contributed by atoms with Gasteiger partial charge in [0.1, 0.15) is 11.6 Å². The molecule has 0 fully saturated rings. The van der Waals surface area contributed by atoms with Crippen LogP contribution in [0, 0.1) is 5.82 Å². The topological polar surface area (TPSA) is 0 Å². The highest BCUT2D eigenvalue weighted by Gasteiger charge is 2.06. The lowest BCUT2D eigenvalue weighted by molar-refractivity contribution is 0.626. The quantitative estimate of drug-likeness (QED) is 0.649. The van der Waals surface area contributed by atoms with Gasteiger partial charge < -0.3 is 0 Å². The Bertz CT molecular complexity index is 438. The first-order valence-corrected chi connectivity index (χ1v) is 5.46. The van der Waals surface area contributed by atoms with Gasteiger partial charge in [0.05, 0.1) is 0 Å². The Morgan fingerprint density at radius 3 is 2.35 bits per heavy atom. The molecule has 0 saturated carbocycles. The normalized spacial score (nSPS) is 14.6. The van der Waals surface area contributed by atoms with E-state index in [0.717, 1.165) is 17.2 Å². The summed E-state index contributed by atoms with van der Waals surface area (Å²) in [5.41, 5.74) is 2.01. The number of benzene rings is 1. The minimum Gasteiger partial charge on any atom is -0.207 e. The van der Waals surface area contributed by atoms with Crippen molar-refractivity contribution >= 4 is 0 Å². The van der Waals surface area contributed by atoms with Gasteiger partial charge in [-0.15, -0.1) is 0 Å². The van der Waals surface area contributed by atoms with Crippen LogP contribution in [0.25, 0.3) is 0 Å². The third kappa shape index (κ3) is 3.99. The SMILES string of the molecule is C=CC(F)=CC=C(C)C(C)c1ccc(F)cc1. The fourth-order valence-electron chi connectivity index (χ4n) is 1.44. The molecule has 0 nitrogen and oxygen atoms in total. The Morgan fingerprint density at radius 2 is 1.82 bits per heavy atom. The Labute approximate surface area is 101 Å². The maximum atomic E-state index is 12.9. The molecule has 1 aromatic carbocycles. The first kappa shape index (κ1) is 13.4. The number of hydrogen-bond donors (Lipinski definition) is 0. The molecule has 1 rings (SSSR count). The summed E-state index contributed by atoms with van der Waals surface area (Å²) < 4.78 is 25.6. The molecule has 0 saturated heterocycles. The van der Waals surface area contributed by atoms with Gasteiger partial charge in [-0.1, -0.05) is 37.3 Å². The molecule has 1 atom stereocenters. The van der Waals surface area contributed by atoms with E-state index in [4.69, 9.17) is 0 Å². The van der Waals surface area contributed by atoms with E-state index in [9.17, 15) is 8.78 Å². The van der Waals surface area contributed by atoms with Crippen LogP contribution >= 0.6 is 0 Å². The number of rotatable bonds is 4. The van der Waals surface area contributed by atoms with Crippen LogP contribution in [-0.4, -0.2) is 0 Å². The minimum absolute atomic E-state index is 0.129. The predicted octanol–water partition coefficient (Wildman–Crippen LogP) is 4.91. The maximum Gasteiger partial charge on any atom is 0.123 e. The molecular weight excluding hydrogens is 218 g/mol. The molecule has 2 heteroatoms. The first-order chi connectivity index (χ1) is 8.04. The van der Waals surface area contributed by atoms with Gasteiger partial charge in [-0.3, -0.25) is 0 Å². The van der Waals surface area contributed by atoms with Crippen LogP contribution in [-0.2, 0) is 0 Å². The second-order valence-electron chi connectivity index (χ2n) is 3.94. The highest BCUT2D eigenvalue weighted by Crippen LogP contribution is 2.23. The molecule has 1 aromatic rings. The summed E-state index contributed by atoms with van der Waals surface area (Å²) in [6.45, 7) is 7.25.